The Hall–Kier alpha value is -1.76. The molecule has 0 heterocycles. The van der Waals surface area contributed by atoms with Gasteiger partial charge in [0.1, 0.15) is 13.2 Å². The van der Waals surface area contributed by atoms with Crippen molar-refractivity contribution in [1.29, 1.82) is 0 Å². The summed E-state index contributed by atoms with van der Waals surface area (Å²) in [6, 6.07) is 8.79. The SMILES string of the molecule is O=C(NNCC(F)(F)F)OCc1ccccc1. The molecule has 17 heavy (non-hydrogen) atoms. The zero-order chi connectivity index (χ0) is 12.7. The van der Waals surface area contributed by atoms with Crippen LogP contribution in [0.25, 0.3) is 0 Å². The van der Waals surface area contributed by atoms with Crippen LogP contribution in [0.5, 0.6) is 0 Å². The first-order valence-corrected chi connectivity index (χ1v) is 4.74. The van der Waals surface area contributed by atoms with Crippen LogP contribution in [0.15, 0.2) is 30.3 Å². The molecule has 1 rings (SSSR count). The number of halogens is 3. The molecular formula is C10H11F3N2O2. The highest BCUT2D eigenvalue weighted by Crippen LogP contribution is 2.11. The van der Waals surface area contributed by atoms with Crippen LogP contribution in [0.2, 0.25) is 0 Å². The molecule has 1 amide bonds. The van der Waals surface area contributed by atoms with E-state index >= 15 is 0 Å². The molecule has 0 radical (unpaired) electrons. The van der Waals surface area contributed by atoms with Gasteiger partial charge in [-0.15, -0.1) is 0 Å². The molecule has 0 spiro atoms. The van der Waals surface area contributed by atoms with Gasteiger partial charge in [0.05, 0.1) is 0 Å². The number of nitrogens with one attached hydrogen (secondary N) is 2. The smallest absolute Gasteiger partial charge is 0.421 e. The fourth-order valence-corrected chi connectivity index (χ4v) is 0.976. The van der Waals surface area contributed by atoms with Crippen molar-refractivity contribution in [2.24, 2.45) is 0 Å². The highest BCUT2D eigenvalue weighted by Gasteiger charge is 2.26. The van der Waals surface area contributed by atoms with Crippen molar-refractivity contribution in [3.63, 3.8) is 0 Å². The average molecular weight is 248 g/mol. The van der Waals surface area contributed by atoms with E-state index in [0.717, 1.165) is 5.56 Å². The number of ether oxygens (including phenoxy) is 1. The Labute approximate surface area is 95.7 Å². The zero-order valence-electron chi connectivity index (χ0n) is 8.75. The number of amides is 1. The molecule has 0 atom stereocenters. The largest absolute Gasteiger partial charge is 0.444 e. The molecule has 0 saturated carbocycles. The Kier molecular flexibility index (Phi) is 4.77. The normalized spacial score (nSPS) is 11.0. The topological polar surface area (TPSA) is 50.4 Å². The molecule has 0 bridgehead atoms. The lowest BCUT2D eigenvalue weighted by atomic mass is 10.2. The van der Waals surface area contributed by atoms with Gasteiger partial charge in [0.25, 0.3) is 0 Å². The molecule has 2 N–H and O–H groups in total. The van der Waals surface area contributed by atoms with E-state index in [-0.39, 0.29) is 6.61 Å². The molecule has 4 nitrogen and oxygen atoms in total. The van der Waals surface area contributed by atoms with Crippen LogP contribution < -0.4 is 10.9 Å². The lowest BCUT2D eigenvalue weighted by Crippen LogP contribution is -2.43. The summed E-state index contributed by atoms with van der Waals surface area (Å²) in [7, 11) is 0. The van der Waals surface area contributed by atoms with Gasteiger partial charge in [-0.2, -0.15) is 13.2 Å². The van der Waals surface area contributed by atoms with Crippen molar-refractivity contribution in [3.05, 3.63) is 35.9 Å². The zero-order valence-corrected chi connectivity index (χ0v) is 8.75. The quantitative estimate of drug-likeness (QED) is 0.801. The van der Waals surface area contributed by atoms with Gasteiger partial charge < -0.3 is 4.74 Å². The van der Waals surface area contributed by atoms with E-state index in [0.29, 0.717) is 0 Å². The fraction of sp³-hybridized carbons (Fsp3) is 0.300. The minimum absolute atomic E-state index is 0.000368. The second-order valence-corrected chi connectivity index (χ2v) is 3.16. The maximum absolute atomic E-state index is 11.7. The lowest BCUT2D eigenvalue weighted by molar-refractivity contribution is -0.126. The first kappa shape index (κ1) is 13.3. The lowest BCUT2D eigenvalue weighted by Gasteiger charge is -2.10. The van der Waals surface area contributed by atoms with E-state index in [4.69, 9.17) is 0 Å². The van der Waals surface area contributed by atoms with E-state index in [2.05, 4.69) is 4.74 Å². The molecular weight excluding hydrogens is 237 g/mol. The van der Waals surface area contributed by atoms with Gasteiger partial charge in [-0.1, -0.05) is 30.3 Å². The Balaban J connectivity index is 2.18. The van der Waals surface area contributed by atoms with Crippen LogP contribution in [0.4, 0.5) is 18.0 Å². The van der Waals surface area contributed by atoms with Crippen LogP contribution in [0, 0.1) is 0 Å². The third-order valence-electron chi connectivity index (χ3n) is 1.69. The standard InChI is InChI=1S/C10H11F3N2O2/c11-10(12,13)7-14-15-9(16)17-6-8-4-2-1-3-5-8/h1-5,14H,6-7H2,(H,15,16). The van der Waals surface area contributed by atoms with Crippen LogP contribution >= 0.6 is 0 Å². The molecule has 1 aromatic rings. The van der Waals surface area contributed by atoms with E-state index in [1.165, 1.54) is 0 Å². The predicted octanol–water partition coefficient (Wildman–Crippen LogP) is 1.98. The minimum atomic E-state index is -4.38. The van der Waals surface area contributed by atoms with Gasteiger partial charge in [0.2, 0.25) is 0 Å². The molecule has 0 aromatic heterocycles. The second kappa shape index (κ2) is 6.09. The Morgan fingerprint density at radius 3 is 2.47 bits per heavy atom. The van der Waals surface area contributed by atoms with Crippen LogP contribution in [0.3, 0.4) is 0 Å². The van der Waals surface area contributed by atoms with Gasteiger partial charge in [-0.25, -0.2) is 10.2 Å². The molecule has 0 fully saturated rings. The first-order valence-electron chi connectivity index (χ1n) is 4.74. The fourth-order valence-electron chi connectivity index (χ4n) is 0.976. The monoisotopic (exact) mass is 248 g/mol. The number of hydrogen-bond acceptors (Lipinski definition) is 3. The number of carbonyl (C=O) groups is 1. The summed E-state index contributed by atoms with van der Waals surface area (Å²) in [5, 5.41) is 0. The molecule has 0 aliphatic heterocycles. The van der Waals surface area contributed by atoms with Gasteiger partial charge in [-0.05, 0) is 5.56 Å². The third-order valence-corrected chi connectivity index (χ3v) is 1.69. The molecule has 0 aliphatic carbocycles. The average Bonchev–Trinajstić information content (AvgIpc) is 2.26. The Bertz CT molecular complexity index is 354. The molecule has 94 valence electrons. The Morgan fingerprint density at radius 2 is 1.88 bits per heavy atom. The summed E-state index contributed by atoms with van der Waals surface area (Å²) in [5.74, 6) is 0. The number of benzene rings is 1. The maximum atomic E-state index is 11.7. The van der Waals surface area contributed by atoms with Gasteiger partial charge in [0.15, 0.2) is 0 Å². The second-order valence-electron chi connectivity index (χ2n) is 3.16. The number of hydrazine groups is 1. The van der Waals surface area contributed by atoms with Crippen molar-refractivity contribution >= 4 is 6.09 Å². The molecule has 1 aromatic carbocycles. The van der Waals surface area contributed by atoms with Gasteiger partial charge in [-0.3, -0.25) is 5.43 Å². The van der Waals surface area contributed by atoms with Crippen molar-refractivity contribution < 1.29 is 22.7 Å². The number of hydrogen-bond donors (Lipinski definition) is 2. The number of rotatable bonds is 4. The van der Waals surface area contributed by atoms with Crippen molar-refractivity contribution in [2.75, 3.05) is 6.54 Å². The summed E-state index contributed by atoms with van der Waals surface area (Å²) < 4.78 is 39.8. The highest BCUT2D eigenvalue weighted by atomic mass is 19.4. The number of alkyl halides is 3. The highest BCUT2D eigenvalue weighted by molar-refractivity contribution is 5.66. The van der Waals surface area contributed by atoms with Crippen LogP contribution in [0.1, 0.15) is 5.56 Å². The summed E-state index contributed by atoms with van der Waals surface area (Å²) in [6.07, 6.45) is -5.34. The summed E-state index contributed by atoms with van der Waals surface area (Å²) in [5.41, 5.74) is 4.24. The summed E-state index contributed by atoms with van der Waals surface area (Å²) in [4.78, 5) is 10.9. The van der Waals surface area contributed by atoms with Crippen molar-refractivity contribution in [1.82, 2.24) is 10.9 Å². The van der Waals surface area contributed by atoms with Crippen LogP contribution in [-0.2, 0) is 11.3 Å². The van der Waals surface area contributed by atoms with Gasteiger partial charge >= 0.3 is 12.3 Å². The van der Waals surface area contributed by atoms with Crippen LogP contribution in [-0.4, -0.2) is 18.8 Å². The molecule has 0 aliphatic rings. The molecule has 0 unspecified atom stereocenters. The third kappa shape index (κ3) is 6.41. The van der Waals surface area contributed by atoms with Gasteiger partial charge in [0, 0.05) is 0 Å². The minimum Gasteiger partial charge on any atom is -0.444 e. The maximum Gasteiger partial charge on any atom is 0.421 e. The summed E-state index contributed by atoms with van der Waals surface area (Å²) >= 11 is 0. The van der Waals surface area contributed by atoms with Crippen molar-refractivity contribution in [2.45, 2.75) is 12.8 Å². The molecule has 0 saturated heterocycles. The predicted molar refractivity (Wildman–Crippen MR) is 53.8 cm³/mol. The number of carbonyl (C=O) groups excluding carboxylic acids is 1. The Morgan fingerprint density at radius 1 is 1.24 bits per heavy atom. The van der Waals surface area contributed by atoms with E-state index in [9.17, 15) is 18.0 Å². The summed E-state index contributed by atoms with van der Waals surface area (Å²) in [6.45, 7) is -1.31. The first-order chi connectivity index (χ1) is 7.97. The molecule has 7 heteroatoms. The van der Waals surface area contributed by atoms with Crippen molar-refractivity contribution in [3.8, 4) is 0 Å². The van der Waals surface area contributed by atoms with E-state index in [1.807, 2.05) is 0 Å². The van der Waals surface area contributed by atoms with E-state index in [1.54, 1.807) is 41.2 Å². The van der Waals surface area contributed by atoms with E-state index < -0.39 is 18.8 Å².